The van der Waals surface area contributed by atoms with Crippen molar-refractivity contribution in [2.24, 2.45) is 17.1 Å². The molecule has 21 heavy (non-hydrogen) atoms. The zero-order chi connectivity index (χ0) is 15.5. The van der Waals surface area contributed by atoms with Crippen LogP contribution in [0.3, 0.4) is 0 Å². The van der Waals surface area contributed by atoms with Crippen molar-refractivity contribution < 1.29 is 9.53 Å². The maximum atomic E-state index is 12.6. The van der Waals surface area contributed by atoms with Gasteiger partial charge in [0.05, 0.1) is 12.2 Å². The number of hydrogen-bond donors (Lipinski definition) is 1. The Labute approximate surface area is 127 Å². The fraction of sp³-hybridized carbons (Fsp3) is 0.588. The number of carbonyl (C=O) groups excluding carboxylic acids is 1. The van der Waals surface area contributed by atoms with Gasteiger partial charge in [-0.05, 0) is 42.9 Å². The molecule has 1 fully saturated rings. The van der Waals surface area contributed by atoms with Crippen LogP contribution in [-0.4, -0.2) is 37.6 Å². The Balaban J connectivity index is 2.06. The molecule has 1 amide bonds. The van der Waals surface area contributed by atoms with E-state index in [9.17, 15) is 4.79 Å². The summed E-state index contributed by atoms with van der Waals surface area (Å²) in [5, 5.41) is 0. The van der Waals surface area contributed by atoms with Crippen molar-refractivity contribution in [2.45, 2.75) is 26.7 Å². The van der Waals surface area contributed by atoms with E-state index in [1.54, 1.807) is 4.90 Å². The Morgan fingerprint density at radius 3 is 2.67 bits per heavy atom. The second kappa shape index (κ2) is 6.48. The average Bonchev–Trinajstić information content (AvgIpc) is 3.28. The number of hydrogen-bond acceptors (Lipinski definition) is 3. The van der Waals surface area contributed by atoms with Gasteiger partial charge in [-0.25, -0.2) is 0 Å². The Bertz CT molecular complexity index is 495. The van der Waals surface area contributed by atoms with Crippen molar-refractivity contribution >= 4 is 5.91 Å². The summed E-state index contributed by atoms with van der Waals surface area (Å²) in [7, 11) is 1.82. The van der Waals surface area contributed by atoms with Gasteiger partial charge in [0.15, 0.2) is 0 Å². The molecule has 2 rings (SSSR count). The molecule has 0 spiro atoms. The highest BCUT2D eigenvalue weighted by Gasteiger charge is 2.25. The topological polar surface area (TPSA) is 55.6 Å². The van der Waals surface area contributed by atoms with Crippen LogP contribution < -0.4 is 10.5 Å². The van der Waals surface area contributed by atoms with Crippen molar-refractivity contribution in [1.82, 2.24) is 4.90 Å². The molecule has 1 aromatic rings. The minimum Gasteiger partial charge on any atom is -0.492 e. The Hall–Kier alpha value is -1.55. The van der Waals surface area contributed by atoms with Gasteiger partial charge < -0.3 is 15.4 Å². The average molecular weight is 290 g/mol. The quantitative estimate of drug-likeness (QED) is 0.839. The molecule has 1 aliphatic rings. The predicted molar refractivity (Wildman–Crippen MR) is 84.5 cm³/mol. The summed E-state index contributed by atoms with van der Waals surface area (Å²) in [4.78, 5) is 14.4. The summed E-state index contributed by atoms with van der Waals surface area (Å²) in [6.45, 7) is 6.00. The molecule has 1 saturated carbocycles. The third-order valence-corrected chi connectivity index (χ3v) is 3.85. The van der Waals surface area contributed by atoms with Gasteiger partial charge >= 0.3 is 0 Å². The second-order valence-corrected chi connectivity index (χ2v) is 6.78. The summed E-state index contributed by atoms with van der Waals surface area (Å²) in [6, 6.07) is 7.48. The predicted octanol–water partition coefficient (Wildman–Crippen LogP) is 2.53. The zero-order valence-electron chi connectivity index (χ0n) is 13.3. The molecule has 4 heteroatoms. The van der Waals surface area contributed by atoms with Crippen LogP contribution >= 0.6 is 0 Å². The van der Waals surface area contributed by atoms with E-state index < -0.39 is 0 Å². The molecule has 0 heterocycles. The van der Waals surface area contributed by atoms with E-state index in [-0.39, 0.29) is 11.3 Å². The lowest BCUT2D eigenvalue weighted by Crippen LogP contribution is -2.39. The number of benzene rings is 1. The number of rotatable bonds is 7. The highest BCUT2D eigenvalue weighted by Crippen LogP contribution is 2.30. The van der Waals surface area contributed by atoms with Crippen LogP contribution in [0.25, 0.3) is 0 Å². The van der Waals surface area contributed by atoms with Crippen molar-refractivity contribution in [3.63, 3.8) is 0 Å². The lowest BCUT2D eigenvalue weighted by Gasteiger charge is -2.29. The Morgan fingerprint density at radius 1 is 1.38 bits per heavy atom. The number of nitrogens with two attached hydrogens (primary N) is 1. The minimum atomic E-state index is -0.0891. The molecule has 0 radical (unpaired) electrons. The van der Waals surface area contributed by atoms with Crippen LogP contribution in [0.4, 0.5) is 0 Å². The fourth-order valence-corrected chi connectivity index (χ4v) is 2.25. The smallest absolute Gasteiger partial charge is 0.257 e. The van der Waals surface area contributed by atoms with E-state index in [0.29, 0.717) is 36.9 Å². The van der Waals surface area contributed by atoms with Gasteiger partial charge in [-0.2, -0.15) is 0 Å². The number of carbonyl (C=O) groups is 1. The van der Waals surface area contributed by atoms with Gasteiger partial charge in [0, 0.05) is 13.6 Å². The minimum absolute atomic E-state index is 0.0112. The lowest BCUT2D eigenvalue weighted by atomic mass is 9.93. The molecular formula is C17H26N2O2. The highest BCUT2D eigenvalue weighted by molar-refractivity contribution is 5.96. The van der Waals surface area contributed by atoms with E-state index >= 15 is 0 Å². The van der Waals surface area contributed by atoms with Crippen molar-refractivity contribution in [1.29, 1.82) is 0 Å². The molecule has 1 aliphatic carbocycles. The SMILES string of the molecule is CN(CC(C)(C)CN)C(=O)c1ccccc1OCC1CC1. The van der Waals surface area contributed by atoms with Gasteiger partial charge in [0.1, 0.15) is 5.75 Å². The van der Waals surface area contributed by atoms with E-state index in [4.69, 9.17) is 10.5 Å². The third kappa shape index (κ3) is 4.46. The number of nitrogens with zero attached hydrogens (tertiary/aromatic N) is 1. The van der Waals surface area contributed by atoms with Crippen LogP contribution in [-0.2, 0) is 0 Å². The first-order chi connectivity index (χ1) is 9.93. The van der Waals surface area contributed by atoms with Crippen molar-refractivity contribution in [3.05, 3.63) is 29.8 Å². The third-order valence-electron chi connectivity index (χ3n) is 3.85. The van der Waals surface area contributed by atoms with Crippen molar-refractivity contribution in [2.75, 3.05) is 26.7 Å². The monoisotopic (exact) mass is 290 g/mol. The lowest BCUT2D eigenvalue weighted by molar-refractivity contribution is 0.0736. The molecule has 116 valence electrons. The summed E-state index contributed by atoms with van der Waals surface area (Å²) >= 11 is 0. The molecule has 1 aromatic carbocycles. The largest absolute Gasteiger partial charge is 0.492 e. The molecule has 0 saturated heterocycles. The maximum Gasteiger partial charge on any atom is 0.257 e. The van der Waals surface area contributed by atoms with Crippen LogP contribution in [0.2, 0.25) is 0 Å². The summed E-state index contributed by atoms with van der Waals surface area (Å²) in [6.07, 6.45) is 2.47. The number of ether oxygens (including phenoxy) is 1. The Kier molecular flexibility index (Phi) is 4.88. The van der Waals surface area contributed by atoms with E-state index in [2.05, 4.69) is 13.8 Å². The van der Waals surface area contributed by atoms with Crippen LogP contribution in [0.15, 0.2) is 24.3 Å². The molecule has 0 bridgehead atoms. The van der Waals surface area contributed by atoms with Gasteiger partial charge in [-0.3, -0.25) is 4.79 Å². The normalized spacial score (nSPS) is 14.9. The second-order valence-electron chi connectivity index (χ2n) is 6.78. The Morgan fingerprint density at radius 2 is 2.05 bits per heavy atom. The summed E-state index contributed by atoms with van der Waals surface area (Å²) < 4.78 is 5.82. The molecular weight excluding hydrogens is 264 g/mol. The van der Waals surface area contributed by atoms with Crippen LogP contribution in [0.1, 0.15) is 37.0 Å². The van der Waals surface area contributed by atoms with Gasteiger partial charge in [0.25, 0.3) is 5.91 Å². The molecule has 4 nitrogen and oxygen atoms in total. The maximum absolute atomic E-state index is 12.6. The first-order valence-electron chi connectivity index (χ1n) is 7.60. The number of amides is 1. The highest BCUT2D eigenvalue weighted by atomic mass is 16.5. The van der Waals surface area contributed by atoms with Crippen LogP contribution in [0, 0.1) is 11.3 Å². The van der Waals surface area contributed by atoms with Gasteiger partial charge in [-0.1, -0.05) is 26.0 Å². The number of para-hydroxylation sites is 1. The first-order valence-corrected chi connectivity index (χ1v) is 7.60. The molecule has 2 N–H and O–H groups in total. The van der Waals surface area contributed by atoms with E-state index in [0.717, 1.165) is 0 Å². The molecule has 0 unspecified atom stereocenters. The van der Waals surface area contributed by atoms with E-state index in [1.165, 1.54) is 12.8 Å². The van der Waals surface area contributed by atoms with Crippen molar-refractivity contribution in [3.8, 4) is 5.75 Å². The molecule has 0 atom stereocenters. The standard InChI is InChI=1S/C17H26N2O2/c1-17(2,11-18)12-19(3)16(20)14-6-4-5-7-15(14)21-10-13-8-9-13/h4-7,13H,8-12,18H2,1-3H3. The molecule has 0 aromatic heterocycles. The van der Waals surface area contributed by atoms with Gasteiger partial charge in [0.2, 0.25) is 0 Å². The molecule has 0 aliphatic heterocycles. The fourth-order valence-electron chi connectivity index (χ4n) is 2.25. The zero-order valence-corrected chi connectivity index (χ0v) is 13.3. The summed E-state index contributed by atoms with van der Waals surface area (Å²) in [5.41, 5.74) is 6.29. The van der Waals surface area contributed by atoms with Gasteiger partial charge in [-0.15, -0.1) is 0 Å². The van der Waals surface area contributed by atoms with Crippen LogP contribution in [0.5, 0.6) is 5.75 Å². The first kappa shape index (κ1) is 15.8. The summed E-state index contributed by atoms with van der Waals surface area (Å²) in [5.74, 6) is 1.34. The van der Waals surface area contributed by atoms with E-state index in [1.807, 2.05) is 31.3 Å².